The van der Waals surface area contributed by atoms with Crippen molar-refractivity contribution in [3.8, 4) is 33.2 Å². The summed E-state index contributed by atoms with van der Waals surface area (Å²) in [5, 5.41) is 8.41. The Bertz CT molecular complexity index is 1520. The van der Waals surface area contributed by atoms with Gasteiger partial charge in [-0.05, 0) is 72.5 Å². The minimum Gasteiger partial charge on any atom is -0.384 e. The van der Waals surface area contributed by atoms with E-state index in [4.69, 9.17) is 6.42 Å². The molecule has 0 bridgehead atoms. The van der Waals surface area contributed by atoms with Gasteiger partial charge in [0.1, 0.15) is 0 Å². The SMILES string of the molecule is C#Cc1ccc(-c2ccc(-c3ccc(CNCCCCCCCCNc4ccnc5ccccc45)cc3)s2)cc1. The molecule has 40 heavy (non-hydrogen) atoms. The number of nitrogens with zero attached hydrogens (tertiary/aromatic N) is 1. The van der Waals surface area contributed by atoms with E-state index in [9.17, 15) is 0 Å². The zero-order chi connectivity index (χ0) is 27.4. The summed E-state index contributed by atoms with van der Waals surface area (Å²) in [5.74, 6) is 2.68. The molecule has 4 heteroatoms. The van der Waals surface area contributed by atoms with Crippen molar-refractivity contribution >= 4 is 27.9 Å². The Morgan fingerprint density at radius 2 is 1.32 bits per heavy atom. The molecule has 0 saturated heterocycles. The number of terminal acetylenes is 1. The number of nitrogens with one attached hydrogen (secondary N) is 2. The van der Waals surface area contributed by atoms with Crippen LogP contribution in [0.1, 0.15) is 49.7 Å². The lowest BCUT2D eigenvalue weighted by Gasteiger charge is -2.09. The monoisotopic (exact) mass is 543 g/mol. The molecule has 0 atom stereocenters. The normalized spacial score (nSPS) is 11.0. The molecule has 0 saturated carbocycles. The number of fused-ring (bicyclic) bond motifs is 1. The van der Waals surface area contributed by atoms with Crippen LogP contribution < -0.4 is 10.6 Å². The van der Waals surface area contributed by atoms with Gasteiger partial charge in [0, 0.05) is 45.7 Å². The van der Waals surface area contributed by atoms with E-state index in [0.717, 1.165) is 30.7 Å². The number of hydrogen-bond donors (Lipinski definition) is 2. The molecule has 0 aliphatic rings. The van der Waals surface area contributed by atoms with Crippen LogP contribution in [-0.4, -0.2) is 18.1 Å². The van der Waals surface area contributed by atoms with Crippen molar-refractivity contribution in [3.63, 3.8) is 0 Å². The molecule has 0 spiro atoms. The molecule has 0 radical (unpaired) electrons. The largest absolute Gasteiger partial charge is 0.384 e. The minimum atomic E-state index is 0.917. The fourth-order valence-electron chi connectivity index (χ4n) is 4.95. The van der Waals surface area contributed by atoms with Crippen molar-refractivity contribution in [1.29, 1.82) is 0 Å². The predicted octanol–water partition coefficient (Wildman–Crippen LogP) is 9.15. The van der Waals surface area contributed by atoms with Crippen molar-refractivity contribution in [1.82, 2.24) is 10.3 Å². The predicted molar refractivity (Wildman–Crippen MR) is 173 cm³/mol. The third-order valence-corrected chi connectivity index (χ3v) is 8.44. The van der Waals surface area contributed by atoms with Gasteiger partial charge in [-0.25, -0.2) is 0 Å². The molecule has 3 nitrogen and oxygen atoms in total. The van der Waals surface area contributed by atoms with Crippen molar-refractivity contribution in [2.45, 2.75) is 45.1 Å². The Hall–Kier alpha value is -3.91. The van der Waals surface area contributed by atoms with Gasteiger partial charge >= 0.3 is 0 Å². The molecule has 5 rings (SSSR count). The Labute approximate surface area is 242 Å². The van der Waals surface area contributed by atoms with Gasteiger partial charge in [0.25, 0.3) is 0 Å². The van der Waals surface area contributed by atoms with E-state index >= 15 is 0 Å². The highest BCUT2D eigenvalue weighted by atomic mass is 32.1. The molecule has 0 unspecified atom stereocenters. The molecule has 5 aromatic rings. The van der Waals surface area contributed by atoms with Crippen LogP contribution in [0.2, 0.25) is 0 Å². The van der Waals surface area contributed by atoms with E-state index in [-0.39, 0.29) is 0 Å². The standard InChI is InChI=1S/C36H37N3S/c1-2-28-13-17-30(18-14-28)35-21-22-36(40-35)31-19-15-29(16-20-31)27-37-24-9-5-3-4-6-10-25-38-34-23-26-39-33-12-8-7-11-32(33)34/h1,7-8,11-23,26,37H,3-6,9-10,24-25,27H2,(H,38,39). The highest BCUT2D eigenvalue weighted by molar-refractivity contribution is 7.18. The molecule has 3 aromatic carbocycles. The van der Waals surface area contributed by atoms with Crippen LogP contribution in [0.3, 0.4) is 0 Å². The molecule has 202 valence electrons. The fraction of sp³-hybridized carbons (Fsp3) is 0.250. The van der Waals surface area contributed by atoms with Crippen LogP contribution in [0.25, 0.3) is 31.8 Å². The summed E-state index contributed by atoms with van der Waals surface area (Å²) in [4.78, 5) is 6.99. The van der Waals surface area contributed by atoms with E-state index in [1.807, 2.05) is 35.7 Å². The summed E-state index contributed by atoms with van der Waals surface area (Å²) in [6.07, 6.45) is 15.0. The van der Waals surface area contributed by atoms with Crippen LogP contribution in [-0.2, 0) is 6.54 Å². The Balaban J connectivity index is 0.931. The molecule has 0 amide bonds. The highest BCUT2D eigenvalue weighted by Gasteiger charge is 2.06. The van der Waals surface area contributed by atoms with Gasteiger partial charge in [-0.1, -0.05) is 86.2 Å². The van der Waals surface area contributed by atoms with Crippen molar-refractivity contribution in [2.24, 2.45) is 0 Å². The van der Waals surface area contributed by atoms with Crippen molar-refractivity contribution < 1.29 is 0 Å². The number of pyridine rings is 1. The first-order valence-corrected chi connectivity index (χ1v) is 15.2. The van der Waals surface area contributed by atoms with E-state index in [0.29, 0.717) is 0 Å². The Morgan fingerprint density at radius 3 is 2.05 bits per heavy atom. The number of benzene rings is 3. The van der Waals surface area contributed by atoms with Crippen LogP contribution in [0.5, 0.6) is 0 Å². The van der Waals surface area contributed by atoms with E-state index in [1.165, 1.54) is 76.0 Å². The number of para-hydroxylation sites is 1. The van der Waals surface area contributed by atoms with E-state index in [1.54, 1.807) is 0 Å². The summed E-state index contributed by atoms with van der Waals surface area (Å²) < 4.78 is 0. The molecule has 0 aliphatic heterocycles. The zero-order valence-corrected chi connectivity index (χ0v) is 23.9. The van der Waals surface area contributed by atoms with E-state index < -0.39 is 0 Å². The van der Waals surface area contributed by atoms with E-state index in [2.05, 4.69) is 94.3 Å². The first-order valence-electron chi connectivity index (χ1n) is 14.3. The average molecular weight is 544 g/mol. The number of anilines is 1. The molecule has 0 fully saturated rings. The lowest BCUT2D eigenvalue weighted by atomic mass is 10.1. The number of unbranched alkanes of at least 4 members (excludes halogenated alkanes) is 5. The maximum Gasteiger partial charge on any atom is 0.0722 e. The second kappa shape index (κ2) is 14.5. The number of thiophene rings is 1. The van der Waals surface area contributed by atoms with Gasteiger partial charge in [-0.3, -0.25) is 4.98 Å². The lowest BCUT2D eigenvalue weighted by Crippen LogP contribution is -2.14. The zero-order valence-electron chi connectivity index (χ0n) is 23.0. The third-order valence-electron chi connectivity index (χ3n) is 7.25. The van der Waals surface area contributed by atoms with Crippen LogP contribution in [0.15, 0.2) is 97.2 Å². The second-order valence-corrected chi connectivity index (χ2v) is 11.3. The van der Waals surface area contributed by atoms with Crippen LogP contribution in [0, 0.1) is 12.3 Å². The van der Waals surface area contributed by atoms with Crippen LogP contribution in [0.4, 0.5) is 5.69 Å². The first kappa shape index (κ1) is 27.6. The summed E-state index contributed by atoms with van der Waals surface area (Å²) in [7, 11) is 0. The Morgan fingerprint density at radius 1 is 0.675 bits per heavy atom. The van der Waals surface area contributed by atoms with Crippen LogP contribution >= 0.6 is 11.3 Å². The van der Waals surface area contributed by atoms with Gasteiger partial charge in [0.15, 0.2) is 0 Å². The van der Waals surface area contributed by atoms with Gasteiger partial charge in [0.05, 0.1) is 5.52 Å². The molecular weight excluding hydrogens is 506 g/mol. The molecule has 2 N–H and O–H groups in total. The van der Waals surface area contributed by atoms with Gasteiger partial charge in [0.2, 0.25) is 0 Å². The average Bonchev–Trinajstić information content (AvgIpc) is 3.51. The molecular formula is C36H37N3S. The quantitative estimate of drug-likeness (QED) is 0.108. The summed E-state index contributed by atoms with van der Waals surface area (Å²) in [6, 6.07) is 32.0. The summed E-state index contributed by atoms with van der Waals surface area (Å²) in [6.45, 7) is 3.01. The number of rotatable bonds is 14. The number of aromatic nitrogens is 1. The van der Waals surface area contributed by atoms with Crippen molar-refractivity contribution in [3.05, 3.63) is 108 Å². The first-order chi connectivity index (χ1) is 19.8. The maximum atomic E-state index is 5.48. The third kappa shape index (κ3) is 7.60. The second-order valence-electron chi connectivity index (χ2n) is 10.2. The van der Waals surface area contributed by atoms with Gasteiger partial charge < -0.3 is 10.6 Å². The van der Waals surface area contributed by atoms with Crippen molar-refractivity contribution in [2.75, 3.05) is 18.4 Å². The van der Waals surface area contributed by atoms with Gasteiger partial charge in [-0.15, -0.1) is 17.8 Å². The summed E-state index contributed by atoms with van der Waals surface area (Å²) >= 11 is 1.82. The lowest BCUT2D eigenvalue weighted by molar-refractivity contribution is 0.569. The number of hydrogen-bond acceptors (Lipinski definition) is 4. The maximum absolute atomic E-state index is 5.48. The smallest absolute Gasteiger partial charge is 0.0722 e. The molecule has 0 aliphatic carbocycles. The van der Waals surface area contributed by atoms with Gasteiger partial charge in [-0.2, -0.15) is 0 Å². The highest BCUT2D eigenvalue weighted by Crippen LogP contribution is 2.34. The molecule has 2 aromatic heterocycles. The summed E-state index contributed by atoms with van der Waals surface area (Å²) in [5.41, 5.74) is 6.97. The Kier molecular flexibility index (Phi) is 10.0. The molecule has 2 heterocycles. The fourth-order valence-corrected chi connectivity index (χ4v) is 5.97. The topological polar surface area (TPSA) is 37.0 Å². The minimum absolute atomic E-state index is 0.917.